The number of aryl methyl sites for hydroxylation is 1. The molecular weight excluding hydrogens is 306 g/mol. The van der Waals surface area contributed by atoms with E-state index in [-0.39, 0.29) is 0 Å². The lowest BCUT2D eigenvalue weighted by atomic mass is 10.0. The number of fused-ring (bicyclic) bond motifs is 1. The van der Waals surface area contributed by atoms with Crippen molar-refractivity contribution in [3.05, 3.63) is 42.2 Å². The van der Waals surface area contributed by atoms with Gasteiger partial charge in [-0.1, -0.05) is 31.0 Å². The topological polar surface area (TPSA) is 40.6 Å². The maximum absolute atomic E-state index is 5.45. The summed E-state index contributed by atoms with van der Waals surface area (Å²) in [6.07, 6.45) is 9.59. The molecule has 4 nitrogen and oxygen atoms in total. The van der Waals surface area contributed by atoms with Crippen molar-refractivity contribution in [2.75, 3.05) is 21.3 Å². The van der Waals surface area contributed by atoms with Crippen LogP contribution in [0.4, 0.5) is 0 Å². The second-order valence-electron chi connectivity index (χ2n) is 5.72. The lowest BCUT2D eigenvalue weighted by Gasteiger charge is -2.24. The van der Waals surface area contributed by atoms with Crippen LogP contribution in [0, 0.1) is 0 Å². The third kappa shape index (κ3) is 4.85. The third-order valence-corrected chi connectivity index (χ3v) is 7.22. The molecule has 0 aliphatic rings. The standard InChI is InChI=1S/C18H27NO3Si/c1-20-23(21-2,22-3)14-7-5-4-6-9-16-10-8-11-17-15-19-13-12-18(16)17/h8,10-13,15H,4-7,9,14H2,1-3H3. The molecule has 5 heteroatoms. The molecule has 1 aromatic heterocycles. The predicted octanol–water partition coefficient (Wildman–Crippen LogP) is 4.22. The number of pyridine rings is 1. The Balaban J connectivity index is 1.75. The van der Waals surface area contributed by atoms with Gasteiger partial charge in [-0.2, -0.15) is 0 Å². The molecule has 0 aliphatic heterocycles. The van der Waals surface area contributed by atoms with Crippen LogP contribution in [0.1, 0.15) is 31.2 Å². The molecule has 23 heavy (non-hydrogen) atoms. The van der Waals surface area contributed by atoms with Gasteiger partial charge in [0, 0.05) is 45.2 Å². The van der Waals surface area contributed by atoms with Crippen LogP contribution in [0.15, 0.2) is 36.7 Å². The second-order valence-corrected chi connectivity index (χ2v) is 8.81. The first-order valence-corrected chi connectivity index (χ1v) is 10.1. The maximum atomic E-state index is 5.45. The Kier molecular flexibility index (Phi) is 7.17. The average Bonchev–Trinajstić information content (AvgIpc) is 2.62. The van der Waals surface area contributed by atoms with Gasteiger partial charge in [-0.25, -0.2) is 0 Å². The van der Waals surface area contributed by atoms with Crippen molar-refractivity contribution in [3.8, 4) is 0 Å². The number of hydrogen-bond donors (Lipinski definition) is 0. The van der Waals surface area contributed by atoms with Crippen molar-refractivity contribution in [1.29, 1.82) is 0 Å². The van der Waals surface area contributed by atoms with Gasteiger partial charge in [0.05, 0.1) is 0 Å². The normalized spacial score (nSPS) is 12.0. The van der Waals surface area contributed by atoms with Gasteiger partial charge in [-0.3, -0.25) is 4.98 Å². The zero-order valence-electron chi connectivity index (χ0n) is 14.4. The van der Waals surface area contributed by atoms with Crippen molar-refractivity contribution < 1.29 is 13.3 Å². The van der Waals surface area contributed by atoms with E-state index in [0.29, 0.717) is 0 Å². The van der Waals surface area contributed by atoms with Crippen molar-refractivity contribution in [2.45, 2.75) is 38.1 Å². The molecule has 0 fully saturated rings. The minimum absolute atomic E-state index is 0.885. The van der Waals surface area contributed by atoms with Gasteiger partial charge in [0.25, 0.3) is 0 Å². The third-order valence-electron chi connectivity index (χ3n) is 4.38. The van der Waals surface area contributed by atoms with Crippen LogP contribution in [0.2, 0.25) is 6.04 Å². The van der Waals surface area contributed by atoms with Gasteiger partial charge in [0.15, 0.2) is 0 Å². The molecule has 1 aromatic carbocycles. The Morgan fingerprint density at radius 1 is 0.913 bits per heavy atom. The zero-order chi connectivity index (χ0) is 16.5. The quantitative estimate of drug-likeness (QED) is 0.482. The molecule has 0 bridgehead atoms. The van der Waals surface area contributed by atoms with E-state index in [9.17, 15) is 0 Å². The zero-order valence-corrected chi connectivity index (χ0v) is 15.4. The van der Waals surface area contributed by atoms with E-state index in [4.69, 9.17) is 13.3 Å². The molecule has 2 aromatic rings. The highest BCUT2D eigenvalue weighted by Crippen LogP contribution is 2.21. The van der Waals surface area contributed by atoms with Crippen molar-refractivity contribution in [3.63, 3.8) is 0 Å². The van der Waals surface area contributed by atoms with Crippen LogP contribution in [0.5, 0.6) is 0 Å². The van der Waals surface area contributed by atoms with Crippen LogP contribution >= 0.6 is 0 Å². The highest BCUT2D eigenvalue weighted by Gasteiger charge is 2.36. The van der Waals surface area contributed by atoms with Gasteiger partial charge in [-0.15, -0.1) is 0 Å². The first kappa shape index (κ1) is 18.1. The van der Waals surface area contributed by atoms with Crippen molar-refractivity contribution in [1.82, 2.24) is 4.98 Å². The molecule has 0 amide bonds. The Morgan fingerprint density at radius 3 is 2.39 bits per heavy atom. The Morgan fingerprint density at radius 2 is 1.65 bits per heavy atom. The lowest BCUT2D eigenvalue weighted by molar-refractivity contribution is 0.122. The minimum atomic E-state index is -2.38. The van der Waals surface area contributed by atoms with Crippen LogP contribution in [-0.2, 0) is 19.7 Å². The minimum Gasteiger partial charge on any atom is -0.377 e. The first-order valence-electron chi connectivity index (χ1n) is 8.22. The molecule has 0 saturated carbocycles. The molecule has 0 aliphatic carbocycles. The molecule has 1 heterocycles. The van der Waals surface area contributed by atoms with Crippen LogP contribution < -0.4 is 0 Å². The van der Waals surface area contributed by atoms with Crippen molar-refractivity contribution >= 4 is 19.6 Å². The smallest absolute Gasteiger partial charge is 0.377 e. The summed E-state index contributed by atoms with van der Waals surface area (Å²) in [5.41, 5.74) is 1.42. The van der Waals surface area contributed by atoms with E-state index in [1.54, 1.807) is 21.3 Å². The van der Waals surface area contributed by atoms with Gasteiger partial charge >= 0.3 is 8.80 Å². The lowest BCUT2D eigenvalue weighted by Crippen LogP contribution is -2.42. The largest absolute Gasteiger partial charge is 0.500 e. The molecule has 2 rings (SSSR count). The number of rotatable bonds is 10. The van der Waals surface area contributed by atoms with Gasteiger partial charge in [0.1, 0.15) is 0 Å². The molecule has 0 N–H and O–H groups in total. The predicted molar refractivity (Wildman–Crippen MR) is 95.5 cm³/mol. The molecule has 0 radical (unpaired) electrons. The summed E-state index contributed by atoms with van der Waals surface area (Å²) >= 11 is 0. The number of hydrogen-bond acceptors (Lipinski definition) is 4. The highest BCUT2D eigenvalue weighted by atomic mass is 28.4. The summed E-state index contributed by atoms with van der Waals surface area (Å²) in [6, 6.07) is 9.46. The summed E-state index contributed by atoms with van der Waals surface area (Å²) in [5.74, 6) is 0. The Bertz CT molecular complexity index is 588. The number of benzene rings is 1. The van der Waals surface area contributed by atoms with Gasteiger partial charge < -0.3 is 13.3 Å². The molecule has 0 atom stereocenters. The fourth-order valence-electron chi connectivity index (χ4n) is 2.97. The second kappa shape index (κ2) is 9.13. The monoisotopic (exact) mass is 333 g/mol. The van der Waals surface area contributed by atoms with Gasteiger partial charge in [0.2, 0.25) is 0 Å². The summed E-state index contributed by atoms with van der Waals surface area (Å²) < 4.78 is 16.3. The summed E-state index contributed by atoms with van der Waals surface area (Å²) in [6.45, 7) is 0. The van der Waals surface area contributed by atoms with Crippen molar-refractivity contribution in [2.24, 2.45) is 0 Å². The highest BCUT2D eigenvalue weighted by molar-refractivity contribution is 6.60. The van der Waals surface area contributed by atoms with E-state index in [1.165, 1.54) is 35.6 Å². The number of aromatic nitrogens is 1. The molecule has 0 spiro atoms. The Hall–Kier alpha value is -1.27. The van der Waals surface area contributed by atoms with Crippen LogP contribution in [-0.4, -0.2) is 35.1 Å². The van der Waals surface area contributed by atoms with Gasteiger partial charge in [-0.05, 0) is 36.3 Å². The SMILES string of the molecule is CO[Si](CCCCCCc1cccc2cnccc12)(OC)OC. The molecule has 0 unspecified atom stereocenters. The Labute approximate surface area is 140 Å². The fourth-order valence-corrected chi connectivity index (χ4v) is 4.77. The summed E-state index contributed by atoms with van der Waals surface area (Å²) in [4.78, 5) is 4.19. The molecule has 126 valence electrons. The average molecular weight is 334 g/mol. The number of unbranched alkanes of at least 4 members (excludes halogenated alkanes) is 3. The summed E-state index contributed by atoms with van der Waals surface area (Å²) in [5, 5.41) is 2.55. The van der Waals surface area contributed by atoms with Crippen LogP contribution in [0.25, 0.3) is 10.8 Å². The fraction of sp³-hybridized carbons (Fsp3) is 0.500. The first-order chi connectivity index (χ1) is 11.2. The van der Waals surface area contributed by atoms with Crippen LogP contribution in [0.3, 0.4) is 0 Å². The molecule has 0 saturated heterocycles. The maximum Gasteiger partial charge on any atom is 0.500 e. The summed E-state index contributed by atoms with van der Waals surface area (Å²) in [7, 11) is 2.64. The van der Waals surface area contributed by atoms with E-state index in [0.717, 1.165) is 18.9 Å². The van der Waals surface area contributed by atoms with E-state index in [1.807, 2.05) is 12.4 Å². The van der Waals surface area contributed by atoms with E-state index < -0.39 is 8.80 Å². The van der Waals surface area contributed by atoms with E-state index >= 15 is 0 Å². The van der Waals surface area contributed by atoms with E-state index in [2.05, 4.69) is 29.2 Å². The molecular formula is C18H27NO3Si. The number of nitrogens with zero attached hydrogens (tertiary/aromatic N) is 1.